The monoisotopic (exact) mass is 947 g/mol. The zero-order valence-electron chi connectivity index (χ0n) is 38.3. The highest BCUT2D eigenvalue weighted by Gasteiger charge is 2.59. The second-order valence-electron chi connectivity index (χ2n) is 19.3. The molecule has 4 heteroatoms. The van der Waals surface area contributed by atoms with E-state index in [1.165, 1.54) is 123 Å². The van der Waals surface area contributed by atoms with Crippen LogP contribution in [0, 0.1) is 5.92 Å². The van der Waals surface area contributed by atoms with Gasteiger partial charge in [0.15, 0.2) is 0 Å². The molecule has 4 aliphatic rings. The minimum absolute atomic E-state index is 0.167. The molecular formula is C66H45NS3. The fraction of sp³-hybridized carbons (Fsp3) is 0.0909. The number of benzene rings is 8. The first-order chi connectivity index (χ1) is 34.7. The number of hydrogen-bond donors (Lipinski definition) is 0. The van der Waals surface area contributed by atoms with Gasteiger partial charge in [0.2, 0.25) is 0 Å². The van der Waals surface area contributed by atoms with Gasteiger partial charge in [0.05, 0.1) is 15.8 Å². The Hall–Kier alpha value is -7.34. The van der Waals surface area contributed by atoms with E-state index in [1.54, 1.807) is 0 Å². The van der Waals surface area contributed by atoms with E-state index in [2.05, 4.69) is 229 Å². The lowest BCUT2D eigenvalue weighted by Gasteiger charge is -2.37. The molecule has 3 aromatic heterocycles. The summed E-state index contributed by atoms with van der Waals surface area (Å²) in [6.45, 7) is 0. The molecule has 0 saturated heterocycles. The van der Waals surface area contributed by atoms with Crippen molar-refractivity contribution in [1.29, 1.82) is 0 Å². The lowest BCUT2D eigenvalue weighted by atomic mass is 9.67. The Labute approximate surface area is 420 Å². The normalized spacial score (nSPS) is 18.6. The Bertz CT molecular complexity index is 4060. The van der Waals surface area contributed by atoms with Crippen LogP contribution in [0.15, 0.2) is 218 Å². The molecule has 1 nitrogen and oxygen atoms in total. The fourth-order valence-electron chi connectivity index (χ4n) is 12.7. The Kier molecular flexibility index (Phi) is 9.18. The molecule has 0 amide bonds. The van der Waals surface area contributed by atoms with Gasteiger partial charge in [-0.15, -0.1) is 34.0 Å². The topological polar surface area (TPSA) is 3.24 Å². The van der Waals surface area contributed by atoms with Gasteiger partial charge in [-0.2, -0.15) is 0 Å². The third-order valence-corrected chi connectivity index (χ3v) is 19.5. The second-order valence-corrected chi connectivity index (χ2v) is 22.5. The summed E-state index contributed by atoms with van der Waals surface area (Å²) in [7, 11) is 0. The maximum atomic E-state index is 2.71. The quantitative estimate of drug-likeness (QED) is 0.144. The van der Waals surface area contributed by atoms with Gasteiger partial charge in [0.25, 0.3) is 0 Å². The van der Waals surface area contributed by atoms with E-state index < -0.39 is 5.41 Å². The zero-order valence-corrected chi connectivity index (χ0v) is 40.8. The van der Waals surface area contributed by atoms with Crippen LogP contribution in [0.3, 0.4) is 0 Å². The molecule has 3 atom stereocenters. The molecule has 70 heavy (non-hydrogen) atoms. The van der Waals surface area contributed by atoms with Gasteiger partial charge in [0.1, 0.15) is 0 Å². The van der Waals surface area contributed by atoms with Crippen molar-refractivity contribution < 1.29 is 0 Å². The summed E-state index contributed by atoms with van der Waals surface area (Å²) in [4.78, 5) is 5.51. The van der Waals surface area contributed by atoms with Crippen LogP contribution in [0.1, 0.15) is 61.9 Å². The summed E-state index contributed by atoms with van der Waals surface area (Å²) in [5.74, 6) is 0.397. The Morgan fingerprint density at radius 3 is 2.23 bits per heavy atom. The van der Waals surface area contributed by atoms with Crippen LogP contribution in [0.4, 0.5) is 17.1 Å². The van der Waals surface area contributed by atoms with Gasteiger partial charge < -0.3 is 4.90 Å². The molecule has 3 unspecified atom stereocenters. The number of aryl methyl sites for hydroxylation is 1. The molecule has 332 valence electrons. The van der Waals surface area contributed by atoms with E-state index in [-0.39, 0.29) is 11.8 Å². The first kappa shape index (κ1) is 40.5. The van der Waals surface area contributed by atoms with Gasteiger partial charge in [0, 0.05) is 74.2 Å². The van der Waals surface area contributed by atoms with Crippen LogP contribution in [-0.4, -0.2) is 0 Å². The molecule has 3 heterocycles. The summed E-state index contributed by atoms with van der Waals surface area (Å²) in [6.07, 6.45) is 17.9. The number of hydrogen-bond acceptors (Lipinski definition) is 4. The van der Waals surface area contributed by atoms with Crippen molar-refractivity contribution >= 4 is 109 Å². The van der Waals surface area contributed by atoms with Gasteiger partial charge in [-0.25, -0.2) is 0 Å². The lowest BCUT2D eigenvalue weighted by Crippen LogP contribution is -2.33. The number of thiophene rings is 3. The third-order valence-electron chi connectivity index (χ3n) is 15.6. The molecule has 11 aromatic rings. The molecule has 1 spiro atoms. The van der Waals surface area contributed by atoms with Crippen LogP contribution in [0.5, 0.6) is 0 Å². The maximum Gasteiger partial charge on any atom is 0.0640 e. The SMILES string of the molecule is C1=Cc2c(sc3c(N(c4ccccc4)c4ccc5c(c4)C4(c6ccccc6C6C=CC(C/C(=C/c7cccc8c7sc7ccccc78)c7ccccc7)=CC64)c4sc6ccccc6c4-5)cccc23)CC1. The molecule has 0 bridgehead atoms. The molecule has 0 saturated carbocycles. The molecule has 4 aliphatic carbocycles. The van der Waals surface area contributed by atoms with E-state index in [1.807, 2.05) is 34.0 Å². The summed E-state index contributed by atoms with van der Waals surface area (Å²) in [5, 5.41) is 5.38. The van der Waals surface area contributed by atoms with Crippen LogP contribution >= 0.6 is 34.0 Å². The fourth-order valence-corrected chi connectivity index (χ4v) is 16.7. The average Bonchev–Trinajstić information content (AvgIpc) is 4.22. The summed E-state index contributed by atoms with van der Waals surface area (Å²) in [5.41, 5.74) is 16.9. The van der Waals surface area contributed by atoms with E-state index in [9.17, 15) is 0 Å². The predicted molar refractivity (Wildman–Crippen MR) is 303 cm³/mol. The van der Waals surface area contributed by atoms with Crippen LogP contribution in [-0.2, 0) is 11.8 Å². The van der Waals surface area contributed by atoms with Crippen molar-refractivity contribution in [2.45, 2.75) is 30.6 Å². The number of nitrogens with zero attached hydrogens (tertiary/aromatic N) is 1. The second kappa shape index (κ2) is 15.8. The Morgan fingerprint density at radius 1 is 0.600 bits per heavy atom. The number of fused-ring (bicyclic) bond motifs is 18. The molecule has 0 N–H and O–H groups in total. The highest BCUT2D eigenvalue weighted by molar-refractivity contribution is 7.26. The van der Waals surface area contributed by atoms with Crippen LogP contribution in [0.25, 0.3) is 69.2 Å². The van der Waals surface area contributed by atoms with E-state index in [0.717, 1.165) is 19.3 Å². The van der Waals surface area contributed by atoms with Crippen molar-refractivity contribution in [2.24, 2.45) is 5.92 Å². The summed E-state index contributed by atoms with van der Waals surface area (Å²) in [6, 6.07) is 70.8. The third kappa shape index (κ3) is 5.94. The van der Waals surface area contributed by atoms with E-state index in [0.29, 0.717) is 0 Å². The lowest BCUT2D eigenvalue weighted by molar-refractivity contribution is 0.469. The van der Waals surface area contributed by atoms with Crippen LogP contribution < -0.4 is 4.90 Å². The molecule has 8 aromatic carbocycles. The number of anilines is 3. The van der Waals surface area contributed by atoms with Gasteiger partial charge in [-0.1, -0.05) is 176 Å². The van der Waals surface area contributed by atoms with Crippen molar-refractivity contribution in [2.75, 3.05) is 4.90 Å². The number of rotatable bonds is 7. The molecule has 15 rings (SSSR count). The largest absolute Gasteiger partial charge is 0.309 e. The average molecular weight is 948 g/mol. The highest BCUT2D eigenvalue weighted by atomic mass is 32.1. The molecule has 0 radical (unpaired) electrons. The summed E-state index contributed by atoms with van der Waals surface area (Å²) >= 11 is 5.90. The molecule has 0 fully saturated rings. The first-order valence-corrected chi connectivity index (χ1v) is 27.0. The maximum absolute atomic E-state index is 2.71. The summed E-state index contributed by atoms with van der Waals surface area (Å²) < 4.78 is 5.39. The minimum atomic E-state index is -0.401. The van der Waals surface area contributed by atoms with Crippen molar-refractivity contribution in [3.8, 4) is 11.1 Å². The van der Waals surface area contributed by atoms with E-state index >= 15 is 0 Å². The minimum Gasteiger partial charge on any atom is -0.309 e. The first-order valence-electron chi connectivity index (χ1n) is 24.6. The van der Waals surface area contributed by atoms with Gasteiger partial charge in [-0.3, -0.25) is 0 Å². The highest BCUT2D eigenvalue weighted by Crippen LogP contribution is 2.69. The Balaban J connectivity index is 0.940. The van der Waals surface area contributed by atoms with Crippen molar-refractivity contribution in [3.63, 3.8) is 0 Å². The Morgan fingerprint density at radius 2 is 1.34 bits per heavy atom. The zero-order chi connectivity index (χ0) is 45.9. The molecular weight excluding hydrogens is 903 g/mol. The van der Waals surface area contributed by atoms with Crippen molar-refractivity contribution in [1.82, 2.24) is 0 Å². The molecule has 0 aliphatic heterocycles. The number of allylic oxidation sites excluding steroid dienone is 6. The van der Waals surface area contributed by atoms with Crippen molar-refractivity contribution in [3.05, 3.63) is 261 Å². The standard InChI is InChI=1S/C66H45NS3/c1-3-17-42(18-4-1)44(39-43-19-15-26-51-49-23-8-12-30-59(49)68-63(43)51)37-41-33-35-48-47-22-7-11-28-55(47)66(56(48)38-41)57-40-46(34-36-53(57)62-54-25-10-14-32-61(54)70-65(62)66)67(45-20-5-2-6-21-45)58-29-16-27-52-50-24-9-13-31-60(50)69-64(52)58/h1-12,14-30,32-36,38-40,48,56H,13,31,37H2/b44-39-. The van der Waals surface area contributed by atoms with Crippen LogP contribution in [0.2, 0.25) is 0 Å². The van der Waals surface area contributed by atoms with Gasteiger partial charge in [-0.05, 0) is 118 Å². The predicted octanol–water partition coefficient (Wildman–Crippen LogP) is 19.1. The van der Waals surface area contributed by atoms with E-state index in [4.69, 9.17) is 0 Å². The number of para-hydroxylation sites is 1. The smallest absolute Gasteiger partial charge is 0.0640 e. The van der Waals surface area contributed by atoms with Gasteiger partial charge >= 0.3 is 0 Å².